The van der Waals surface area contributed by atoms with E-state index in [1.165, 1.54) is 7.11 Å². The van der Waals surface area contributed by atoms with Crippen molar-refractivity contribution in [2.24, 2.45) is 0 Å². The third-order valence-corrected chi connectivity index (χ3v) is 6.36. The van der Waals surface area contributed by atoms with Gasteiger partial charge in [-0.25, -0.2) is 9.97 Å². The Morgan fingerprint density at radius 3 is 2.82 bits per heavy atom. The fourth-order valence-corrected chi connectivity index (χ4v) is 4.53. The van der Waals surface area contributed by atoms with Gasteiger partial charge in [-0.15, -0.1) is 0 Å². The average Bonchev–Trinajstić information content (AvgIpc) is 3.12. The van der Waals surface area contributed by atoms with Crippen LogP contribution in [0, 0.1) is 0 Å². The van der Waals surface area contributed by atoms with Gasteiger partial charge in [-0.3, -0.25) is 18.9 Å². The lowest BCUT2D eigenvalue weighted by molar-refractivity contribution is -0.160. The standard InChI is InChI=1S/C19H24ClN5O3/c1-19(2,18(27)28-3)23-10-13-5-4-12(9-25(13)15(26)11-23)17-22-8-14-16(20)21-6-7-24(14)17/h6-8,12-13H,4-5,9-11H2,1-3H3/t12-,13+/m0/s1. The Balaban J connectivity index is 1.53. The predicted octanol–water partition coefficient (Wildman–Crippen LogP) is 1.72. The Labute approximate surface area is 168 Å². The van der Waals surface area contributed by atoms with E-state index in [-0.39, 0.29) is 30.4 Å². The highest BCUT2D eigenvalue weighted by Crippen LogP contribution is 2.34. The van der Waals surface area contributed by atoms with Gasteiger partial charge in [0.05, 0.1) is 19.9 Å². The number of piperazine rings is 1. The Hall–Kier alpha value is -2.19. The molecular weight excluding hydrogens is 382 g/mol. The fourth-order valence-electron chi connectivity index (χ4n) is 4.33. The van der Waals surface area contributed by atoms with Gasteiger partial charge in [-0.1, -0.05) is 11.6 Å². The highest BCUT2D eigenvalue weighted by Gasteiger charge is 2.45. The summed E-state index contributed by atoms with van der Waals surface area (Å²) in [6.45, 7) is 5.11. The maximum Gasteiger partial charge on any atom is 0.325 e. The molecule has 4 heterocycles. The van der Waals surface area contributed by atoms with Crippen LogP contribution in [-0.4, -0.2) is 74.4 Å². The molecule has 0 unspecified atom stereocenters. The molecule has 2 fully saturated rings. The van der Waals surface area contributed by atoms with E-state index in [4.69, 9.17) is 16.3 Å². The molecule has 0 N–H and O–H groups in total. The van der Waals surface area contributed by atoms with Crippen LogP contribution >= 0.6 is 11.6 Å². The van der Waals surface area contributed by atoms with Gasteiger partial charge in [0.15, 0.2) is 5.15 Å². The minimum atomic E-state index is -0.823. The van der Waals surface area contributed by atoms with Gasteiger partial charge in [0.25, 0.3) is 0 Å². The lowest BCUT2D eigenvalue weighted by Gasteiger charge is -2.49. The molecule has 0 bridgehead atoms. The topological polar surface area (TPSA) is 80.0 Å². The number of piperidine rings is 1. The first-order valence-corrected chi connectivity index (χ1v) is 9.81. The van der Waals surface area contributed by atoms with Gasteiger partial charge < -0.3 is 9.64 Å². The zero-order valence-electron chi connectivity index (χ0n) is 16.3. The minimum absolute atomic E-state index is 0.0403. The number of hydrogen-bond acceptors (Lipinski definition) is 6. The Morgan fingerprint density at radius 2 is 2.07 bits per heavy atom. The molecule has 2 aliphatic rings. The van der Waals surface area contributed by atoms with E-state index < -0.39 is 5.54 Å². The van der Waals surface area contributed by atoms with E-state index in [9.17, 15) is 9.59 Å². The quantitative estimate of drug-likeness (QED) is 0.723. The first-order valence-electron chi connectivity index (χ1n) is 9.43. The number of hydrogen-bond donors (Lipinski definition) is 0. The third-order valence-electron chi connectivity index (χ3n) is 6.06. The van der Waals surface area contributed by atoms with Crippen molar-refractivity contribution in [2.75, 3.05) is 26.7 Å². The molecular formula is C19H24ClN5O3. The SMILES string of the molecule is COC(=O)C(C)(C)N1CC(=O)N2C[C@@H](c3ncc4c(Cl)nccn34)CC[C@@H]2C1. The Bertz CT molecular complexity index is 927. The number of esters is 1. The zero-order valence-corrected chi connectivity index (χ0v) is 17.0. The smallest absolute Gasteiger partial charge is 0.325 e. The van der Waals surface area contributed by atoms with Crippen molar-refractivity contribution >= 4 is 29.0 Å². The van der Waals surface area contributed by atoms with Crippen molar-refractivity contribution in [3.63, 3.8) is 0 Å². The predicted molar refractivity (Wildman–Crippen MR) is 103 cm³/mol. The number of imidazole rings is 1. The van der Waals surface area contributed by atoms with Crippen molar-refractivity contribution < 1.29 is 14.3 Å². The maximum absolute atomic E-state index is 12.9. The number of nitrogens with zero attached hydrogens (tertiary/aromatic N) is 5. The molecule has 0 aromatic carbocycles. The molecule has 1 amide bonds. The fraction of sp³-hybridized carbons (Fsp3) is 0.579. The van der Waals surface area contributed by atoms with Gasteiger partial charge in [0, 0.05) is 37.4 Å². The van der Waals surface area contributed by atoms with Crippen LogP contribution in [0.1, 0.15) is 38.4 Å². The monoisotopic (exact) mass is 405 g/mol. The summed E-state index contributed by atoms with van der Waals surface area (Å²) in [7, 11) is 1.38. The number of carbonyl (C=O) groups is 2. The van der Waals surface area contributed by atoms with E-state index in [1.807, 2.05) is 34.2 Å². The molecule has 2 aliphatic heterocycles. The number of fused-ring (bicyclic) bond motifs is 2. The summed E-state index contributed by atoms with van der Waals surface area (Å²) in [6, 6.07) is 0.0953. The molecule has 0 radical (unpaired) electrons. The highest BCUT2D eigenvalue weighted by atomic mass is 35.5. The molecule has 2 aromatic rings. The molecule has 2 aromatic heterocycles. The second-order valence-corrected chi connectivity index (χ2v) is 8.35. The lowest BCUT2D eigenvalue weighted by Crippen LogP contribution is -2.65. The number of rotatable bonds is 3. The van der Waals surface area contributed by atoms with Gasteiger partial charge in [-0.2, -0.15) is 0 Å². The van der Waals surface area contributed by atoms with Crippen LogP contribution < -0.4 is 0 Å². The number of carbonyl (C=O) groups excluding carboxylic acids is 2. The van der Waals surface area contributed by atoms with Crippen LogP contribution in [0.4, 0.5) is 0 Å². The van der Waals surface area contributed by atoms with E-state index in [0.717, 1.165) is 24.2 Å². The van der Waals surface area contributed by atoms with Crippen molar-refractivity contribution in [2.45, 2.75) is 44.2 Å². The summed E-state index contributed by atoms with van der Waals surface area (Å²) < 4.78 is 6.88. The van der Waals surface area contributed by atoms with Crippen molar-refractivity contribution in [1.29, 1.82) is 0 Å². The summed E-state index contributed by atoms with van der Waals surface area (Å²) in [5, 5.41) is 0.421. The van der Waals surface area contributed by atoms with Crippen LogP contribution in [-0.2, 0) is 14.3 Å². The number of methoxy groups -OCH3 is 1. The van der Waals surface area contributed by atoms with E-state index in [2.05, 4.69) is 9.97 Å². The minimum Gasteiger partial charge on any atom is -0.468 e. The third kappa shape index (κ3) is 3.04. The van der Waals surface area contributed by atoms with Gasteiger partial charge in [0.1, 0.15) is 16.9 Å². The van der Waals surface area contributed by atoms with Crippen molar-refractivity contribution in [1.82, 2.24) is 24.2 Å². The van der Waals surface area contributed by atoms with E-state index in [1.54, 1.807) is 12.4 Å². The summed E-state index contributed by atoms with van der Waals surface area (Å²) >= 11 is 6.16. The molecule has 0 spiro atoms. The Morgan fingerprint density at radius 1 is 1.29 bits per heavy atom. The van der Waals surface area contributed by atoms with Gasteiger partial charge in [-0.05, 0) is 26.7 Å². The van der Waals surface area contributed by atoms with Crippen LogP contribution in [0.5, 0.6) is 0 Å². The lowest BCUT2D eigenvalue weighted by atomic mass is 9.88. The Kier molecular flexibility index (Phi) is 4.79. The molecule has 9 heteroatoms. The maximum atomic E-state index is 12.9. The summed E-state index contributed by atoms with van der Waals surface area (Å²) in [6.07, 6.45) is 7.02. The second-order valence-electron chi connectivity index (χ2n) is 8.00. The summed E-state index contributed by atoms with van der Waals surface area (Å²) in [4.78, 5) is 37.6. The molecule has 0 aliphatic carbocycles. The highest BCUT2D eigenvalue weighted by molar-refractivity contribution is 6.32. The molecule has 4 rings (SSSR count). The molecule has 8 nitrogen and oxygen atoms in total. The summed E-state index contributed by atoms with van der Waals surface area (Å²) in [5.74, 6) is 0.763. The van der Waals surface area contributed by atoms with Crippen LogP contribution in [0.25, 0.3) is 5.52 Å². The van der Waals surface area contributed by atoms with Gasteiger partial charge >= 0.3 is 5.97 Å². The number of halogens is 1. The number of ether oxygens (including phenoxy) is 1. The van der Waals surface area contributed by atoms with Crippen LogP contribution in [0.2, 0.25) is 5.15 Å². The zero-order chi connectivity index (χ0) is 20.1. The largest absolute Gasteiger partial charge is 0.468 e. The first kappa shape index (κ1) is 19.1. The molecule has 28 heavy (non-hydrogen) atoms. The molecule has 2 saturated heterocycles. The molecule has 0 saturated carbocycles. The van der Waals surface area contributed by atoms with Crippen molar-refractivity contribution in [3.8, 4) is 0 Å². The average molecular weight is 406 g/mol. The number of aromatic nitrogens is 3. The second kappa shape index (κ2) is 7.00. The molecule has 150 valence electrons. The first-order chi connectivity index (χ1) is 13.3. The molecule has 2 atom stereocenters. The van der Waals surface area contributed by atoms with E-state index >= 15 is 0 Å². The van der Waals surface area contributed by atoms with Crippen LogP contribution in [0.3, 0.4) is 0 Å². The van der Waals surface area contributed by atoms with Crippen LogP contribution in [0.15, 0.2) is 18.6 Å². The van der Waals surface area contributed by atoms with Crippen molar-refractivity contribution in [3.05, 3.63) is 29.6 Å². The van der Waals surface area contributed by atoms with E-state index in [0.29, 0.717) is 18.2 Å². The summed E-state index contributed by atoms with van der Waals surface area (Å²) in [5.41, 5.74) is -0.0478. The van der Waals surface area contributed by atoms with Gasteiger partial charge in [0.2, 0.25) is 5.91 Å². The normalized spacial score (nSPS) is 23.7. The number of amides is 1.